The van der Waals surface area contributed by atoms with Gasteiger partial charge >= 0.3 is 5.97 Å². The summed E-state index contributed by atoms with van der Waals surface area (Å²) in [4.78, 5) is 18.2. The van der Waals surface area contributed by atoms with Gasteiger partial charge in [0.2, 0.25) is 0 Å². The Bertz CT molecular complexity index is 480. The summed E-state index contributed by atoms with van der Waals surface area (Å²) in [5.74, 6) is -0.981. The third-order valence-electron chi connectivity index (χ3n) is 1.87. The van der Waals surface area contributed by atoms with E-state index < -0.39 is 5.97 Å². The number of rotatable bonds is 4. The van der Waals surface area contributed by atoms with Gasteiger partial charge in [0.15, 0.2) is 5.65 Å². The zero-order valence-corrected chi connectivity index (χ0v) is 7.83. The number of hydrogen-bond acceptors (Lipinski definition) is 4. The van der Waals surface area contributed by atoms with Gasteiger partial charge < -0.3 is 9.84 Å². The Balaban J connectivity index is 2.11. The van der Waals surface area contributed by atoms with Crippen molar-refractivity contribution in [2.24, 2.45) is 0 Å². The average molecular weight is 207 g/mol. The molecule has 2 heterocycles. The van der Waals surface area contributed by atoms with E-state index in [9.17, 15) is 4.79 Å². The third kappa shape index (κ3) is 2.10. The van der Waals surface area contributed by atoms with E-state index in [0.717, 1.165) is 5.69 Å². The molecule has 0 fully saturated rings. The van der Waals surface area contributed by atoms with Gasteiger partial charge in [0.1, 0.15) is 6.61 Å². The highest BCUT2D eigenvalue weighted by atomic mass is 16.5. The molecule has 6 heteroatoms. The Labute approximate surface area is 85.2 Å². The first-order valence-electron chi connectivity index (χ1n) is 4.33. The van der Waals surface area contributed by atoms with Crippen LogP contribution in [0, 0.1) is 0 Å². The molecule has 6 nitrogen and oxygen atoms in total. The van der Waals surface area contributed by atoms with Crippen molar-refractivity contribution >= 4 is 11.6 Å². The normalized spacial score (nSPS) is 10.7. The minimum atomic E-state index is -0.981. The first-order valence-corrected chi connectivity index (χ1v) is 4.33. The summed E-state index contributed by atoms with van der Waals surface area (Å²) in [5.41, 5.74) is 1.51. The lowest BCUT2D eigenvalue weighted by Crippen LogP contribution is -2.07. The highest BCUT2D eigenvalue weighted by Gasteiger charge is 2.03. The van der Waals surface area contributed by atoms with Crippen molar-refractivity contribution in [3.8, 4) is 0 Å². The Hall–Kier alpha value is -1.95. The van der Waals surface area contributed by atoms with Crippen molar-refractivity contribution in [2.45, 2.75) is 6.61 Å². The Morgan fingerprint density at radius 3 is 3.20 bits per heavy atom. The zero-order valence-electron chi connectivity index (χ0n) is 7.83. The molecule has 0 aliphatic rings. The van der Waals surface area contributed by atoms with E-state index in [0.29, 0.717) is 5.65 Å². The lowest BCUT2D eigenvalue weighted by atomic mass is 10.5. The van der Waals surface area contributed by atoms with Gasteiger partial charge in [-0.1, -0.05) is 0 Å². The Kier molecular flexibility index (Phi) is 2.59. The number of nitrogens with zero attached hydrogens (tertiary/aromatic N) is 3. The molecule has 0 atom stereocenters. The summed E-state index contributed by atoms with van der Waals surface area (Å²) < 4.78 is 6.77. The number of carboxylic acid groups (broad SMARTS) is 1. The van der Waals surface area contributed by atoms with Crippen LogP contribution in [0.4, 0.5) is 0 Å². The fourth-order valence-electron chi connectivity index (χ4n) is 1.24. The van der Waals surface area contributed by atoms with Crippen LogP contribution in [0.5, 0.6) is 0 Å². The molecule has 2 aromatic heterocycles. The quantitative estimate of drug-likeness (QED) is 0.781. The highest BCUT2D eigenvalue weighted by molar-refractivity contribution is 5.67. The van der Waals surface area contributed by atoms with E-state index in [-0.39, 0.29) is 13.2 Å². The predicted octanol–water partition coefficient (Wildman–Crippen LogP) is 0.330. The maximum Gasteiger partial charge on any atom is 0.329 e. The minimum Gasteiger partial charge on any atom is -0.480 e. The van der Waals surface area contributed by atoms with Crippen LogP contribution in [0.1, 0.15) is 5.69 Å². The third-order valence-corrected chi connectivity index (χ3v) is 1.87. The molecule has 78 valence electrons. The van der Waals surface area contributed by atoms with E-state index in [1.807, 2.05) is 0 Å². The molecule has 0 saturated heterocycles. The molecule has 0 radical (unpaired) electrons. The van der Waals surface area contributed by atoms with Crippen LogP contribution in [0.15, 0.2) is 24.8 Å². The zero-order chi connectivity index (χ0) is 10.7. The van der Waals surface area contributed by atoms with Crippen molar-refractivity contribution < 1.29 is 14.6 Å². The van der Waals surface area contributed by atoms with Gasteiger partial charge in [-0.2, -0.15) is 0 Å². The number of imidazole rings is 1. The van der Waals surface area contributed by atoms with Crippen molar-refractivity contribution in [3.05, 3.63) is 30.5 Å². The summed E-state index contributed by atoms with van der Waals surface area (Å²) in [7, 11) is 0. The number of aromatic nitrogens is 3. The molecule has 1 N–H and O–H groups in total. The standard InChI is InChI=1S/C9H9N3O3/c13-9(14)6-15-5-7-3-11-8-4-10-1-2-12(7)8/h1-4H,5-6H2,(H,13,14). The van der Waals surface area contributed by atoms with Gasteiger partial charge in [-0.15, -0.1) is 0 Å². The molecule has 0 aromatic carbocycles. The first kappa shape index (κ1) is 9.60. The highest BCUT2D eigenvalue weighted by Crippen LogP contribution is 2.05. The number of carbonyl (C=O) groups is 1. The minimum absolute atomic E-state index is 0.220. The molecule has 0 aliphatic carbocycles. The van der Waals surface area contributed by atoms with E-state index in [1.165, 1.54) is 0 Å². The molecule has 0 bridgehead atoms. The van der Waals surface area contributed by atoms with E-state index in [4.69, 9.17) is 9.84 Å². The van der Waals surface area contributed by atoms with Gasteiger partial charge in [-0.05, 0) is 0 Å². The molecule has 0 saturated carbocycles. The SMILES string of the molecule is O=C(O)COCc1cnc2cnccn12. The number of ether oxygens (including phenoxy) is 1. The van der Waals surface area contributed by atoms with Crippen molar-refractivity contribution in [1.29, 1.82) is 0 Å². The Morgan fingerprint density at radius 2 is 2.40 bits per heavy atom. The number of aliphatic carboxylic acids is 1. The molecular formula is C9H9N3O3. The topological polar surface area (TPSA) is 76.7 Å². The fourth-order valence-corrected chi connectivity index (χ4v) is 1.24. The second-order valence-electron chi connectivity index (χ2n) is 2.94. The van der Waals surface area contributed by atoms with Crippen LogP contribution in [0.3, 0.4) is 0 Å². The van der Waals surface area contributed by atoms with Crippen LogP contribution >= 0.6 is 0 Å². The fraction of sp³-hybridized carbons (Fsp3) is 0.222. The molecular weight excluding hydrogens is 198 g/mol. The Morgan fingerprint density at radius 1 is 1.53 bits per heavy atom. The lowest BCUT2D eigenvalue weighted by Gasteiger charge is -2.00. The molecule has 0 amide bonds. The molecule has 15 heavy (non-hydrogen) atoms. The maximum absolute atomic E-state index is 10.2. The molecule has 0 unspecified atom stereocenters. The molecule has 0 aliphatic heterocycles. The van der Waals surface area contributed by atoms with Crippen LogP contribution in [-0.4, -0.2) is 32.1 Å². The smallest absolute Gasteiger partial charge is 0.329 e. The predicted molar refractivity (Wildman–Crippen MR) is 50.3 cm³/mol. The van der Waals surface area contributed by atoms with Gasteiger partial charge in [-0.25, -0.2) is 9.78 Å². The number of hydrogen-bond donors (Lipinski definition) is 1. The van der Waals surface area contributed by atoms with Gasteiger partial charge in [0, 0.05) is 12.4 Å². The van der Waals surface area contributed by atoms with E-state index in [2.05, 4.69) is 9.97 Å². The monoisotopic (exact) mass is 207 g/mol. The van der Waals surface area contributed by atoms with E-state index in [1.54, 1.807) is 29.2 Å². The average Bonchev–Trinajstić information content (AvgIpc) is 2.62. The first-order chi connectivity index (χ1) is 7.27. The maximum atomic E-state index is 10.2. The lowest BCUT2D eigenvalue weighted by molar-refractivity contribution is -0.142. The second kappa shape index (κ2) is 4.05. The summed E-state index contributed by atoms with van der Waals surface area (Å²) in [6.45, 7) is -0.0875. The van der Waals surface area contributed by atoms with Gasteiger partial charge in [-0.3, -0.25) is 9.38 Å². The van der Waals surface area contributed by atoms with Crippen LogP contribution in [0.2, 0.25) is 0 Å². The number of fused-ring (bicyclic) bond motifs is 1. The largest absolute Gasteiger partial charge is 0.480 e. The summed E-state index contributed by atoms with van der Waals surface area (Å²) in [5, 5.41) is 8.40. The molecule has 2 aromatic rings. The molecule has 0 spiro atoms. The summed E-state index contributed by atoms with van der Waals surface area (Å²) >= 11 is 0. The van der Waals surface area contributed by atoms with Crippen molar-refractivity contribution in [3.63, 3.8) is 0 Å². The van der Waals surface area contributed by atoms with Gasteiger partial charge in [0.25, 0.3) is 0 Å². The van der Waals surface area contributed by atoms with Crippen molar-refractivity contribution in [1.82, 2.24) is 14.4 Å². The van der Waals surface area contributed by atoms with Crippen molar-refractivity contribution in [2.75, 3.05) is 6.61 Å². The van der Waals surface area contributed by atoms with Gasteiger partial charge in [0.05, 0.1) is 24.7 Å². The number of carboxylic acids is 1. The van der Waals surface area contributed by atoms with Crippen LogP contribution in [-0.2, 0) is 16.1 Å². The van der Waals surface area contributed by atoms with Crippen LogP contribution < -0.4 is 0 Å². The molecule has 2 rings (SSSR count). The second-order valence-corrected chi connectivity index (χ2v) is 2.94. The summed E-state index contributed by atoms with van der Waals surface area (Å²) in [6.07, 6.45) is 6.65. The summed E-state index contributed by atoms with van der Waals surface area (Å²) in [6, 6.07) is 0. The van der Waals surface area contributed by atoms with E-state index >= 15 is 0 Å². The van der Waals surface area contributed by atoms with Crippen LogP contribution in [0.25, 0.3) is 5.65 Å².